The van der Waals surface area contributed by atoms with Gasteiger partial charge in [0.25, 0.3) is 0 Å². The lowest BCUT2D eigenvalue weighted by Gasteiger charge is -2.38. The number of piperazine rings is 1. The minimum absolute atomic E-state index is 0.0362. The van der Waals surface area contributed by atoms with Crippen LogP contribution >= 0.6 is 23.2 Å². The zero-order valence-corrected chi connectivity index (χ0v) is 36.8. The topological polar surface area (TPSA) is 204 Å². The van der Waals surface area contributed by atoms with Gasteiger partial charge in [-0.05, 0) is 68.3 Å². The molecule has 3 N–H and O–H groups in total. The molecule has 1 atom stereocenters. The Labute approximate surface area is 372 Å². The summed E-state index contributed by atoms with van der Waals surface area (Å²) in [5, 5.41) is 19.5. The second-order valence-electron chi connectivity index (χ2n) is 15.8. The van der Waals surface area contributed by atoms with E-state index in [2.05, 4.69) is 35.8 Å². The molecule has 0 unspecified atom stereocenters. The third-order valence-electron chi connectivity index (χ3n) is 11.9. The Morgan fingerprint density at radius 2 is 1.70 bits per heavy atom. The molecule has 0 radical (unpaired) electrons. The highest BCUT2D eigenvalue weighted by atomic mass is 35.5. The van der Waals surface area contributed by atoms with Crippen LogP contribution in [0.5, 0.6) is 5.75 Å². The van der Waals surface area contributed by atoms with Crippen molar-refractivity contribution in [1.29, 1.82) is 0 Å². The molecule has 18 nitrogen and oxygen atoms in total. The van der Waals surface area contributed by atoms with Crippen LogP contribution in [0.15, 0.2) is 67.1 Å². The largest absolute Gasteiger partial charge is 0.486 e. The van der Waals surface area contributed by atoms with Crippen LogP contribution in [-0.4, -0.2) is 123 Å². The molecule has 3 saturated heterocycles. The molecule has 0 saturated carbocycles. The number of nitrogens with one attached hydrogen (secondary N) is 3. The van der Waals surface area contributed by atoms with Gasteiger partial charge in [-0.2, -0.15) is 14.5 Å². The van der Waals surface area contributed by atoms with Crippen LogP contribution in [0.3, 0.4) is 0 Å². The van der Waals surface area contributed by atoms with Gasteiger partial charge in [-0.25, -0.2) is 18.2 Å². The molecule has 3 aliphatic heterocycles. The summed E-state index contributed by atoms with van der Waals surface area (Å²) in [5.41, 5.74) is 4.46. The number of pyridine rings is 2. The van der Waals surface area contributed by atoms with E-state index < -0.39 is 27.4 Å². The van der Waals surface area contributed by atoms with Crippen molar-refractivity contribution in [2.45, 2.75) is 37.5 Å². The number of H-pyrrole nitrogens is 1. The number of ether oxygens (including phenoxy) is 1. The molecule has 0 spiro atoms. The zero-order chi connectivity index (χ0) is 44.0. The van der Waals surface area contributed by atoms with E-state index in [1.165, 1.54) is 17.3 Å². The number of urea groups is 1. The van der Waals surface area contributed by atoms with Crippen LogP contribution in [-0.2, 0) is 26.7 Å². The summed E-state index contributed by atoms with van der Waals surface area (Å²) in [4.78, 5) is 51.3. The van der Waals surface area contributed by atoms with E-state index in [0.29, 0.717) is 90.7 Å². The number of anilines is 3. The quantitative estimate of drug-likeness (QED) is 0.151. The predicted molar refractivity (Wildman–Crippen MR) is 240 cm³/mol. The number of piperidine rings is 1. The van der Waals surface area contributed by atoms with E-state index in [0.717, 1.165) is 33.2 Å². The summed E-state index contributed by atoms with van der Waals surface area (Å²) < 4.78 is 37.1. The highest BCUT2D eigenvalue weighted by Crippen LogP contribution is 2.36. The fourth-order valence-electron chi connectivity index (χ4n) is 8.46. The number of fused-ring (bicyclic) bond motifs is 2. The van der Waals surface area contributed by atoms with E-state index in [-0.39, 0.29) is 31.3 Å². The van der Waals surface area contributed by atoms with Crippen molar-refractivity contribution in [2.24, 2.45) is 7.05 Å². The number of rotatable bonds is 11. The van der Waals surface area contributed by atoms with Crippen molar-refractivity contribution in [1.82, 2.24) is 44.5 Å². The van der Waals surface area contributed by atoms with E-state index in [4.69, 9.17) is 32.9 Å². The molecule has 0 aliphatic carbocycles. The summed E-state index contributed by atoms with van der Waals surface area (Å²) in [5.74, 6) is 1.38. The number of aryl methyl sites for hydroxylation is 1. The summed E-state index contributed by atoms with van der Waals surface area (Å²) >= 11 is 12.7. The normalized spacial score (nSPS) is 17.4. The number of nitrogens with zero attached hydrogens (tertiary/aromatic N) is 9. The number of benzene rings is 2. The van der Waals surface area contributed by atoms with Crippen molar-refractivity contribution in [3.8, 4) is 17.0 Å². The number of likely N-dealkylation sites (tertiary alicyclic amines) is 1. The third-order valence-corrected chi connectivity index (χ3v) is 14.9. The first-order valence-electron chi connectivity index (χ1n) is 20.6. The smallest absolute Gasteiger partial charge is 0.329 e. The SMILES string of the molecule is C[C@@H](Oc1ccc2[nH]nc(-c3ccc(N4CCN(S(=O)(=O)C5CCN(C(=O)CNc6ccc7c(N8CCC(=O)NC8=O)nn(C)c7c6)CC5)CC4)nc3)c2c1)c1c(Cl)cncc1Cl. The van der Waals surface area contributed by atoms with Crippen LogP contribution in [0.4, 0.5) is 22.1 Å². The van der Waals surface area contributed by atoms with E-state index in [9.17, 15) is 22.8 Å². The van der Waals surface area contributed by atoms with E-state index in [1.807, 2.05) is 55.5 Å². The van der Waals surface area contributed by atoms with Crippen molar-refractivity contribution >= 4 is 90.2 Å². The lowest BCUT2D eigenvalue weighted by Crippen LogP contribution is -2.53. The minimum Gasteiger partial charge on any atom is -0.486 e. The number of carbonyl (C=O) groups excluding carboxylic acids is 3. The number of sulfonamides is 1. The molecule has 2 aromatic carbocycles. The van der Waals surface area contributed by atoms with Crippen molar-refractivity contribution < 1.29 is 27.5 Å². The fourth-order valence-corrected chi connectivity index (χ4v) is 11.0. The number of aromatic amines is 1. The van der Waals surface area contributed by atoms with Gasteiger partial charge >= 0.3 is 6.03 Å². The fraction of sp³-hybridized carbons (Fsp3) is 0.357. The number of hydrogen-bond acceptors (Lipinski definition) is 12. The Hall–Kier alpha value is -6.02. The van der Waals surface area contributed by atoms with Gasteiger partial charge in [-0.3, -0.25) is 34.6 Å². The summed E-state index contributed by atoms with van der Waals surface area (Å²) in [6, 6.07) is 14.5. The lowest BCUT2D eigenvalue weighted by molar-refractivity contribution is -0.130. The van der Waals surface area contributed by atoms with Crippen LogP contribution in [0, 0.1) is 0 Å². The zero-order valence-electron chi connectivity index (χ0n) is 34.4. The molecular weight excluding hydrogens is 872 g/mol. The molecule has 21 heteroatoms. The van der Waals surface area contributed by atoms with Gasteiger partial charge in [0, 0.05) is 105 Å². The van der Waals surface area contributed by atoms with Gasteiger partial charge < -0.3 is 19.9 Å². The third kappa shape index (κ3) is 8.44. The Morgan fingerprint density at radius 3 is 2.41 bits per heavy atom. The number of carbonyl (C=O) groups is 3. The highest BCUT2D eigenvalue weighted by molar-refractivity contribution is 7.89. The minimum atomic E-state index is -3.58. The first-order valence-corrected chi connectivity index (χ1v) is 22.8. The second kappa shape index (κ2) is 17.3. The first kappa shape index (κ1) is 42.3. The average Bonchev–Trinajstić information content (AvgIpc) is 3.85. The standard InChI is InChI=1S/C42H44Cl2N12O6S/c1-25(39-32(43)22-45-23-33(39)44)62-28-5-7-34-31(20-28)40(50-49-34)26-3-8-36(47-21-26)53-15-17-55(18-16-53)63(60,61)29-9-12-54(13-10-29)38(58)24-46-27-4-6-30-35(19-27)52(2)51-41(30)56-14-11-37(57)48-42(56)59/h3-8,19-23,25,29,46H,9-18,24H2,1-2H3,(H,49,50)(H,48,57,59)/t25-/m1/s1. The van der Waals surface area contributed by atoms with Crippen LogP contribution in [0.2, 0.25) is 10.0 Å². The van der Waals surface area contributed by atoms with Gasteiger partial charge in [0.2, 0.25) is 21.8 Å². The van der Waals surface area contributed by atoms with E-state index in [1.54, 1.807) is 27.1 Å². The molecule has 0 bridgehead atoms. The average molecular weight is 916 g/mol. The predicted octanol–water partition coefficient (Wildman–Crippen LogP) is 5.35. The van der Waals surface area contributed by atoms with E-state index >= 15 is 0 Å². The first-order chi connectivity index (χ1) is 30.3. The number of halogens is 2. The molecule has 4 aromatic heterocycles. The second-order valence-corrected chi connectivity index (χ2v) is 18.8. The lowest BCUT2D eigenvalue weighted by atomic mass is 10.1. The monoisotopic (exact) mass is 914 g/mol. The maximum Gasteiger partial charge on any atom is 0.329 e. The number of aromatic nitrogens is 6. The molecular formula is C42H44Cl2N12O6S. The Kier molecular flexibility index (Phi) is 11.6. The molecule has 7 heterocycles. The van der Waals surface area contributed by atoms with Crippen molar-refractivity contribution in [2.75, 3.05) is 67.5 Å². The van der Waals surface area contributed by atoms with Gasteiger partial charge in [0.1, 0.15) is 23.4 Å². The molecule has 3 aliphatic rings. The number of amides is 4. The van der Waals surface area contributed by atoms with Gasteiger partial charge in [-0.1, -0.05) is 23.2 Å². The maximum absolute atomic E-state index is 13.8. The number of hydrogen-bond donors (Lipinski definition) is 3. The van der Waals surface area contributed by atoms with Crippen molar-refractivity contribution in [3.05, 3.63) is 82.7 Å². The van der Waals surface area contributed by atoms with Gasteiger partial charge in [-0.15, -0.1) is 0 Å². The van der Waals surface area contributed by atoms with Crippen LogP contribution in [0.25, 0.3) is 33.1 Å². The molecule has 3 fully saturated rings. The number of imide groups is 1. The molecule has 4 amide bonds. The Balaban J connectivity index is 0.759. The molecule has 328 valence electrons. The summed E-state index contributed by atoms with van der Waals surface area (Å²) in [7, 11) is -1.81. The van der Waals surface area contributed by atoms with Crippen LogP contribution < -0.4 is 25.2 Å². The van der Waals surface area contributed by atoms with Crippen LogP contribution in [0.1, 0.15) is 37.9 Å². The Morgan fingerprint density at radius 1 is 0.937 bits per heavy atom. The molecule has 9 rings (SSSR count). The molecule has 63 heavy (non-hydrogen) atoms. The van der Waals surface area contributed by atoms with Gasteiger partial charge in [0.05, 0.1) is 32.9 Å². The Bertz CT molecular complexity index is 2820. The molecule has 6 aromatic rings. The summed E-state index contributed by atoms with van der Waals surface area (Å²) in [6.45, 7) is 4.49. The van der Waals surface area contributed by atoms with Crippen molar-refractivity contribution in [3.63, 3.8) is 0 Å². The highest BCUT2D eigenvalue weighted by Gasteiger charge is 2.37. The van der Waals surface area contributed by atoms with Gasteiger partial charge in [0.15, 0.2) is 5.82 Å². The summed E-state index contributed by atoms with van der Waals surface area (Å²) in [6.07, 6.45) is 5.32. The maximum atomic E-state index is 13.8.